The highest BCUT2D eigenvalue weighted by atomic mass is 127. The number of hydrogen-bond donors (Lipinski definition) is 2. The van der Waals surface area contributed by atoms with Gasteiger partial charge < -0.3 is 15.5 Å². The molecule has 0 radical (unpaired) electrons. The molecule has 24 heavy (non-hydrogen) atoms. The molecule has 2 fully saturated rings. The van der Waals surface area contributed by atoms with Crippen molar-refractivity contribution >= 4 is 35.8 Å². The summed E-state index contributed by atoms with van der Waals surface area (Å²) in [5.74, 6) is 1.28. The highest BCUT2D eigenvalue weighted by Gasteiger charge is 2.16. The number of nitrogens with zero attached hydrogens (tertiary/aromatic N) is 2. The van der Waals surface area contributed by atoms with Crippen molar-refractivity contribution in [3.05, 3.63) is 0 Å². The molecule has 0 aromatic carbocycles. The number of halogens is 1. The minimum absolute atomic E-state index is 0. The fourth-order valence-corrected chi connectivity index (χ4v) is 3.49. The molecular weight excluding hydrogens is 415 g/mol. The second-order valence-corrected chi connectivity index (χ2v) is 6.78. The van der Waals surface area contributed by atoms with Crippen LogP contribution in [0.2, 0.25) is 0 Å². The summed E-state index contributed by atoms with van der Waals surface area (Å²) < 4.78 is 0. The van der Waals surface area contributed by atoms with Crippen LogP contribution in [0.4, 0.5) is 0 Å². The molecule has 1 saturated heterocycles. The highest BCUT2D eigenvalue weighted by Crippen LogP contribution is 2.17. The van der Waals surface area contributed by atoms with Crippen molar-refractivity contribution in [1.29, 1.82) is 0 Å². The molecule has 1 aliphatic carbocycles. The molecule has 0 atom stereocenters. The molecule has 0 spiro atoms. The molecule has 5 nitrogen and oxygen atoms in total. The molecule has 2 aliphatic rings. The summed E-state index contributed by atoms with van der Waals surface area (Å²) >= 11 is 0. The lowest BCUT2D eigenvalue weighted by molar-refractivity contribution is -0.130. The van der Waals surface area contributed by atoms with E-state index >= 15 is 0 Å². The van der Waals surface area contributed by atoms with Gasteiger partial charge in [-0.25, -0.2) is 0 Å². The van der Waals surface area contributed by atoms with Gasteiger partial charge in [-0.05, 0) is 39.0 Å². The lowest BCUT2D eigenvalue weighted by atomic mass is 9.96. The molecule has 2 N–H and O–H groups in total. The fraction of sp³-hybridized carbons (Fsp3) is 0.889. The first-order chi connectivity index (χ1) is 11.3. The molecular formula is C18H35IN4O. The van der Waals surface area contributed by atoms with Crippen LogP contribution in [0.15, 0.2) is 4.99 Å². The lowest BCUT2D eigenvalue weighted by Crippen LogP contribution is -2.44. The number of likely N-dealkylation sites (tertiary alicyclic amines) is 1. The van der Waals surface area contributed by atoms with Crippen molar-refractivity contribution in [1.82, 2.24) is 15.5 Å². The van der Waals surface area contributed by atoms with Crippen molar-refractivity contribution in [3.8, 4) is 0 Å². The lowest BCUT2D eigenvalue weighted by Gasteiger charge is -2.25. The minimum Gasteiger partial charge on any atom is -0.357 e. The predicted octanol–water partition coefficient (Wildman–Crippen LogP) is 3.28. The summed E-state index contributed by atoms with van der Waals surface area (Å²) in [5, 5.41) is 6.92. The van der Waals surface area contributed by atoms with Gasteiger partial charge in [0, 0.05) is 38.6 Å². The van der Waals surface area contributed by atoms with Crippen LogP contribution in [0.5, 0.6) is 0 Å². The Morgan fingerprint density at radius 1 is 1.17 bits per heavy atom. The smallest absolute Gasteiger partial charge is 0.222 e. The largest absolute Gasteiger partial charge is 0.357 e. The third kappa shape index (κ3) is 8.03. The monoisotopic (exact) mass is 450 g/mol. The van der Waals surface area contributed by atoms with Crippen LogP contribution < -0.4 is 10.6 Å². The van der Waals surface area contributed by atoms with Crippen molar-refractivity contribution in [2.45, 2.75) is 77.2 Å². The first-order valence-corrected chi connectivity index (χ1v) is 9.62. The van der Waals surface area contributed by atoms with Gasteiger partial charge in [0.15, 0.2) is 5.96 Å². The van der Waals surface area contributed by atoms with Gasteiger partial charge in [0.25, 0.3) is 0 Å². The van der Waals surface area contributed by atoms with Gasteiger partial charge in [0.05, 0.1) is 0 Å². The van der Waals surface area contributed by atoms with Crippen LogP contribution in [0.25, 0.3) is 0 Å². The topological polar surface area (TPSA) is 56.7 Å². The Balaban J connectivity index is 0.00000288. The fourth-order valence-electron chi connectivity index (χ4n) is 3.49. The van der Waals surface area contributed by atoms with E-state index in [9.17, 15) is 4.79 Å². The molecule has 6 heteroatoms. The van der Waals surface area contributed by atoms with E-state index in [4.69, 9.17) is 4.99 Å². The van der Waals surface area contributed by atoms with Gasteiger partial charge in [-0.15, -0.1) is 24.0 Å². The third-order valence-corrected chi connectivity index (χ3v) is 4.82. The van der Waals surface area contributed by atoms with Crippen molar-refractivity contribution < 1.29 is 4.79 Å². The van der Waals surface area contributed by atoms with Gasteiger partial charge in [-0.2, -0.15) is 0 Å². The number of rotatable bonds is 6. The number of carbonyl (C=O) groups excluding carboxylic acids is 1. The zero-order valence-corrected chi connectivity index (χ0v) is 17.5. The first-order valence-electron chi connectivity index (χ1n) is 9.62. The summed E-state index contributed by atoms with van der Waals surface area (Å²) in [6.45, 7) is 5.57. The highest BCUT2D eigenvalue weighted by molar-refractivity contribution is 14.0. The van der Waals surface area contributed by atoms with Crippen LogP contribution in [0.1, 0.15) is 71.1 Å². The third-order valence-electron chi connectivity index (χ3n) is 4.82. The van der Waals surface area contributed by atoms with Crippen LogP contribution in [-0.4, -0.2) is 49.0 Å². The molecule has 0 bridgehead atoms. The van der Waals surface area contributed by atoms with Gasteiger partial charge >= 0.3 is 0 Å². The summed E-state index contributed by atoms with van der Waals surface area (Å²) in [6.07, 6.45) is 11.6. The SMILES string of the molecule is CCNC(=NCCCN1CCCCCC1=O)NC1CCCCC1.I. The van der Waals surface area contributed by atoms with E-state index in [-0.39, 0.29) is 24.0 Å². The molecule has 1 aliphatic heterocycles. The van der Waals surface area contributed by atoms with E-state index in [1.807, 2.05) is 4.90 Å². The van der Waals surface area contributed by atoms with E-state index in [1.165, 1.54) is 38.5 Å². The number of guanidine groups is 1. The Labute approximate surface area is 164 Å². The van der Waals surface area contributed by atoms with Crippen molar-refractivity contribution in [2.75, 3.05) is 26.2 Å². The molecule has 1 heterocycles. The Morgan fingerprint density at radius 2 is 1.92 bits per heavy atom. The van der Waals surface area contributed by atoms with E-state index in [2.05, 4.69) is 17.6 Å². The van der Waals surface area contributed by atoms with E-state index in [0.29, 0.717) is 11.9 Å². The molecule has 0 aromatic rings. The van der Waals surface area contributed by atoms with Crippen molar-refractivity contribution in [3.63, 3.8) is 0 Å². The van der Waals surface area contributed by atoms with Crippen LogP contribution in [0, 0.1) is 0 Å². The van der Waals surface area contributed by atoms with E-state index < -0.39 is 0 Å². The van der Waals surface area contributed by atoms with Crippen LogP contribution in [0.3, 0.4) is 0 Å². The Morgan fingerprint density at radius 3 is 2.67 bits per heavy atom. The van der Waals surface area contributed by atoms with Gasteiger partial charge in [-0.1, -0.05) is 25.7 Å². The van der Waals surface area contributed by atoms with E-state index in [0.717, 1.165) is 57.8 Å². The average Bonchev–Trinajstić information content (AvgIpc) is 2.77. The van der Waals surface area contributed by atoms with Gasteiger partial charge in [0.2, 0.25) is 5.91 Å². The Hall–Kier alpha value is -0.530. The second-order valence-electron chi connectivity index (χ2n) is 6.78. The zero-order valence-electron chi connectivity index (χ0n) is 15.2. The zero-order chi connectivity index (χ0) is 16.3. The number of nitrogens with one attached hydrogen (secondary N) is 2. The van der Waals surface area contributed by atoms with Gasteiger partial charge in [-0.3, -0.25) is 9.79 Å². The number of aliphatic imine (C=N–C) groups is 1. The predicted molar refractivity (Wildman–Crippen MR) is 111 cm³/mol. The normalized spacial score (nSPS) is 20.3. The molecule has 1 amide bonds. The quantitative estimate of drug-likeness (QED) is 0.283. The first kappa shape index (κ1) is 21.5. The van der Waals surface area contributed by atoms with Crippen molar-refractivity contribution in [2.24, 2.45) is 4.99 Å². The maximum absolute atomic E-state index is 12.0. The second kappa shape index (κ2) is 12.8. The van der Waals surface area contributed by atoms with Crippen LogP contribution >= 0.6 is 24.0 Å². The molecule has 2 rings (SSSR count). The summed E-state index contributed by atoms with van der Waals surface area (Å²) in [4.78, 5) is 18.7. The standard InChI is InChI=1S/C18H34N4O.HI/c1-2-19-18(21-16-10-5-3-6-11-16)20-13-9-15-22-14-8-4-7-12-17(22)23;/h16H,2-15H2,1H3,(H2,19,20,21);1H. The summed E-state index contributed by atoms with van der Waals surface area (Å²) in [6, 6.07) is 0.578. The minimum atomic E-state index is 0. The molecule has 1 saturated carbocycles. The Bertz CT molecular complexity index is 383. The maximum atomic E-state index is 12.0. The van der Waals surface area contributed by atoms with Gasteiger partial charge in [0.1, 0.15) is 0 Å². The number of amides is 1. The molecule has 0 unspecified atom stereocenters. The number of carbonyl (C=O) groups is 1. The van der Waals surface area contributed by atoms with Crippen LogP contribution in [-0.2, 0) is 4.79 Å². The average molecular weight is 450 g/mol. The molecule has 0 aromatic heterocycles. The molecule has 140 valence electrons. The number of hydrogen-bond acceptors (Lipinski definition) is 2. The maximum Gasteiger partial charge on any atom is 0.222 e. The van der Waals surface area contributed by atoms with E-state index in [1.54, 1.807) is 0 Å². The Kier molecular flexibility index (Phi) is 11.5. The summed E-state index contributed by atoms with van der Waals surface area (Å²) in [7, 11) is 0. The summed E-state index contributed by atoms with van der Waals surface area (Å²) in [5.41, 5.74) is 0.